The largest absolute Gasteiger partial charge is 0.481 e. The Hall–Kier alpha value is -2.57. The van der Waals surface area contributed by atoms with Crippen molar-refractivity contribution in [1.82, 2.24) is 5.32 Å². The molecule has 1 aromatic rings. The molecule has 7 nitrogen and oxygen atoms in total. The van der Waals surface area contributed by atoms with Crippen molar-refractivity contribution in [3.8, 4) is 0 Å². The number of hydrogen-bond acceptors (Lipinski definition) is 4. The Bertz CT molecular complexity index is 544. The average Bonchev–Trinajstić information content (AvgIpc) is 2.37. The lowest BCUT2D eigenvalue weighted by molar-refractivity contribution is -0.134. The van der Waals surface area contributed by atoms with Crippen LogP contribution in [0, 0.1) is 5.41 Å². The van der Waals surface area contributed by atoms with Gasteiger partial charge < -0.3 is 20.9 Å². The Balaban J connectivity index is 0.00000118. The third-order valence-corrected chi connectivity index (χ3v) is 2.50. The Morgan fingerprint density at radius 1 is 1.21 bits per heavy atom. The third-order valence-electron chi connectivity index (χ3n) is 2.50. The number of rotatable bonds is 5. The number of carbonyl (C=O) groups excluding carboxylic acids is 1. The molecule has 0 radical (unpaired) electrons. The first-order chi connectivity index (χ1) is 11.0. The average molecular weight is 337 g/mol. The molecule has 0 aliphatic rings. The molecule has 1 rings (SSSR count). The van der Waals surface area contributed by atoms with Gasteiger partial charge in [0, 0.05) is 19.9 Å². The summed E-state index contributed by atoms with van der Waals surface area (Å²) in [6.07, 6.45) is 0.807. The van der Waals surface area contributed by atoms with Crippen molar-refractivity contribution in [2.45, 2.75) is 46.1 Å². The van der Waals surface area contributed by atoms with Crippen molar-refractivity contribution in [2.75, 3.05) is 6.54 Å². The van der Waals surface area contributed by atoms with Crippen LogP contribution in [0.15, 0.2) is 24.3 Å². The van der Waals surface area contributed by atoms with Gasteiger partial charge in [-0.15, -0.1) is 0 Å². The van der Waals surface area contributed by atoms with Crippen LogP contribution in [0.5, 0.6) is 0 Å². The Kier molecular flexibility index (Phi) is 9.15. The van der Waals surface area contributed by atoms with E-state index in [1.807, 2.05) is 45.0 Å². The number of benzene rings is 1. The highest BCUT2D eigenvalue weighted by molar-refractivity contribution is 5.79. The number of nitrogens with one attached hydrogen (secondary N) is 2. The summed E-state index contributed by atoms with van der Waals surface area (Å²) in [6, 6.07) is 7.86. The SMILES string of the molecule is CC(=O)O.CC(C)(C)OC(=O)NCCc1ccc(CC(=N)N)cc1. The predicted octanol–water partition coefficient (Wildman–Crippen LogP) is 2.32. The topological polar surface area (TPSA) is 125 Å². The first-order valence-electron chi connectivity index (χ1n) is 7.56. The van der Waals surface area contributed by atoms with E-state index in [4.69, 9.17) is 25.8 Å². The highest BCUT2D eigenvalue weighted by atomic mass is 16.6. The molecule has 7 heteroatoms. The quantitative estimate of drug-likeness (QED) is 0.484. The second-order valence-electron chi connectivity index (χ2n) is 6.22. The lowest BCUT2D eigenvalue weighted by atomic mass is 10.1. The number of carboxylic acid groups (broad SMARTS) is 1. The fraction of sp³-hybridized carbons (Fsp3) is 0.471. The van der Waals surface area contributed by atoms with E-state index in [1.54, 1.807) is 0 Å². The molecule has 1 amide bonds. The maximum Gasteiger partial charge on any atom is 0.407 e. The van der Waals surface area contributed by atoms with Gasteiger partial charge in [-0.1, -0.05) is 24.3 Å². The molecule has 0 aromatic heterocycles. The summed E-state index contributed by atoms with van der Waals surface area (Å²) in [7, 11) is 0. The van der Waals surface area contributed by atoms with Gasteiger partial charge in [0.05, 0.1) is 5.84 Å². The molecule has 0 saturated carbocycles. The fourth-order valence-electron chi connectivity index (χ4n) is 1.67. The highest BCUT2D eigenvalue weighted by Gasteiger charge is 2.15. The lowest BCUT2D eigenvalue weighted by Gasteiger charge is -2.19. The summed E-state index contributed by atoms with van der Waals surface area (Å²) in [6.45, 7) is 7.11. The molecule has 0 spiro atoms. The summed E-state index contributed by atoms with van der Waals surface area (Å²) in [5.74, 6) is -0.677. The molecule has 134 valence electrons. The van der Waals surface area contributed by atoms with Crippen molar-refractivity contribution in [1.29, 1.82) is 5.41 Å². The van der Waals surface area contributed by atoms with E-state index < -0.39 is 17.7 Å². The van der Waals surface area contributed by atoms with Crippen LogP contribution in [-0.2, 0) is 22.4 Å². The van der Waals surface area contributed by atoms with Gasteiger partial charge in [0.25, 0.3) is 5.97 Å². The van der Waals surface area contributed by atoms with Crippen molar-refractivity contribution >= 4 is 17.9 Å². The fourth-order valence-corrected chi connectivity index (χ4v) is 1.67. The maximum atomic E-state index is 11.5. The molecule has 5 N–H and O–H groups in total. The second kappa shape index (κ2) is 10.3. The number of alkyl carbamates (subject to hydrolysis) is 1. The zero-order chi connectivity index (χ0) is 18.8. The first kappa shape index (κ1) is 21.4. The van der Waals surface area contributed by atoms with Crippen LogP contribution in [0.2, 0.25) is 0 Å². The smallest absolute Gasteiger partial charge is 0.407 e. The van der Waals surface area contributed by atoms with Crippen molar-refractivity contribution in [2.24, 2.45) is 5.73 Å². The number of nitrogens with two attached hydrogens (primary N) is 1. The van der Waals surface area contributed by atoms with Crippen molar-refractivity contribution in [3.05, 3.63) is 35.4 Å². The molecule has 0 fully saturated rings. The zero-order valence-corrected chi connectivity index (χ0v) is 14.7. The number of hydrogen-bond donors (Lipinski definition) is 4. The van der Waals surface area contributed by atoms with Crippen LogP contribution in [-0.4, -0.2) is 35.2 Å². The summed E-state index contributed by atoms with van der Waals surface area (Å²) in [5.41, 5.74) is 7.01. The molecule has 0 bridgehead atoms. The van der Waals surface area contributed by atoms with Crippen molar-refractivity contribution < 1.29 is 19.4 Å². The molecule has 0 saturated heterocycles. The Labute approximate surface area is 142 Å². The molecule has 0 heterocycles. The van der Waals surface area contributed by atoms with Gasteiger partial charge >= 0.3 is 6.09 Å². The number of amidine groups is 1. The molecular formula is C17H27N3O4. The van der Waals surface area contributed by atoms with Gasteiger partial charge in [0.2, 0.25) is 0 Å². The normalized spacial score (nSPS) is 10.2. The molecular weight excluding hydrogens is 310 g/mol. The maximum absolute atomic E-state index is 11.5. The monoisotopic (exact) mass is 337 g/mol. The van der Waals surface area contributed by atoms with E-state index in [2.05, 4.69) is 5.32 Å². The van der Waals surface area contributed by atoms with Gasteiger partial charge in [-0.05, 0) is 38.3 Å². The molecule has 0 atom stereocenters. The lowest BCUT2D eigenvalue weighted by Crippen LogP contribution is -2.33. The van der Waals surface area contributed by atoms with Gasteiger partial charge in [-0.2, -0.15) is 0 Å². The third kappa shape index (κ3) is 13.1. The van der Waals surface area contributed by atoms with Crippen LogP contribution in [0.25, 0.3) is 0 Å². The molecule has 24 heavy (non-hydrogen) atoms. The summed E-state index contributed by atoms with van der Waals surface area (Å²) >= 11 is 0. The molecule has 0 unspecified atom stereocenters. The standard InChI is InChI=1S/C15H23N3O2.C2H4O2/c1-15(2,3)20-14(19)18-9-8-11-4-6-12(7-5-11)10-13(16)17;1-2(3)4/h4-7H,8-10H2,1-3H3,(H3,16,17)(H,18,19);1H3,(H,3,4). The minimum atomic E-state index is -0.833. The van der Waals surface area contributed by atoms with E-state index in [9.17, 15) is 4.79 Å². The van der Waals surface area contributed by atoms with Crippen LogP contribution < -0.4 is 11.1 Å². The van der Waals surface area contributed by atoms with Crippen molar-refractivity contribution in [3.63, 3.8) is 0 Å². The van der Waals surface area contributed by atoms with Gasteiger partial charge in [0.1, 0.15) is 5.60 Å². The van der Waals surface area contributed by atoms with E-state index in [0.717, 1.165) is 24.5 Å². The minimum Gasteiger partial charge on any atom is -0.481 e. The number of carboxylic acids is 1. The molecule has 0 aliphatic carbocycles. The second-order valence-corrected chi connectivity index (χ2v) is 6.22. The van der Waals surface area contributed by atoms with Crippen LogP contribution in [0.1, 0.15) is 38.8 Å². The van der Waals surface area contributed by atoms with Gasteiger partial charge in [-0.3, -0.25) is 10.2 Å². The first-order valence-corrected chi connectivity index (χ1v) is 7.56. The van der Waals surface area contributed by atoms with E-state index in [0.29, 0.717) is 13.0 Å². The van der Waals surface area contributed by atoms with E-state index in [-0.39, 0.29) is 5.84 Å². The van der Waals surface area contributed by atoms with Crippen LogP contribution in [0.4, 0.5) is 4.79 Å². The molecule has 0 aliphatic heterocycles. The zero-order valence-electron chi connectivity index (χ0n) is 14.7. The molecule has 1 aromatic carbocycles. The minimum absolute atomic E-state index is 0.157. The Morgan fingerprint density at radius 2 is 1.67 bits per heavy atom. The van der Waals surface area contributed by atoms with Gasteiger partial charge in [-0.25, -0.2) is 4.79 Å². The number of aliphatic carboxylic acids is 1. The number of carbonyl (C=O) groups is 2. The number of amides is 1. The van der Waals surface area contributed by atoms with Gasteiger partial charge in [0.15, 0.2) is 0 Å². The number of ether oxygens (including phenoxy) is 1. The predicted molar refractivity (Wildman–Crippen MR) is 93.3 cm³/mol. The summed E-state index contributed by atoms with van der Waals surface area (Å²) in [4.78, 5) is 20.5. The van der Waals surface area contributed by atoms with Crippen LogP contribution in [0.3, 0.4) is 0 Å². The highest BCUT2D eigenvalue weighted by Crippen LogP contribution is 2.07. The summed E-state index contributed by atoms with van der Waals surface area (Å²) < 4.78 is 5.15. The van der Waals surface area contributed by atoms with E-state index >= 15 is 0 Å². The summed E-state index contributed by atoms with van der Waals surface area (Å²) in [5, 5.41) is 17.4. The van der Waals surface area contributed by atoms with Crippen LogP contribution >= 0.6 is 0 Å². The Morgan fingerprint density at radius 3 is 2.08 bits per heavy atom. The van der Waals surface area contributed by atoms with E-state index in [1.165, 1.54) is 0 Å².